The number of hydrogen-bond donors (Lipinski definition) is 4. The second-order valence-electron chi connectivity index (χ2n) is 4.38. The van der Waals surface area contributed by atoms with Gasteiger partial charge in [-0.2, -0.15) is 4.39 Å². The third-order valence-electron chi connectivity index (χ3n) is 3.19. The first-order valence-corrected chi connectivity index (χ1v) is 5.58. The van der Waals surface area contributed by atoms with Crippen molar-refractivity contribution in [2.24, 2.45) is 0 Å². The molecule has 4 N–H and O–H groups in total. The largest absolute Gasteiger partial charge is 0.394 e. The molecule has 1 unspecified atom stereocenters. The third kappa shape index (κ3) is 2.16. The summed E-state index contributed by atoms with van der Waals surface area (Å²) in [6.45, 7) is 0.540. The average molecular weight is 277 g/mol. The summed E-state index contributed by atoms with van der Waals surface area (Å²) >= 11 is 0. The normalized spacial score (nSPS) is 30.8. The topological polar surface area (TPSA) is 103 Å². The highest BCUT2D eigenvalue weighted by molar-refractivity contribution is 5.26. The number of halogens is 2. The summed E-state index contributed by atoms with van der Waals surface area (Å²) in [5, 5.41) is 28.2. The maximum atomic E-state index is 13.9. The molecule has 1 aromatic heterocycles. The molecular formula is C11H13F2NO5. The Hall–Kier alpha value is -1.35. The summed E-state index contributed by atoms with van der Waals surface area (Å²) in [4.78, 5) is 13.0. The molecule has 2 heterocycles. The minimum atomic E-state index is -1.61. The van der Waals surface area contributed by atoms with E-state index < -0.39 is 53.9 Å². The summed E-state index contributed by atoms with van der Waals surface area (Å²) in [5.41, 5.74) is -1.95. The molecule has 0 aromatic carbocycles. The van der Waals surface area contributed by atoms with E-state index in [0.717, 1.165) is 6.92 Å². The molecule has 6 nitrogen and oxygen atoms in total. The summed E-state index contributed by atoms with van der Waals surface area (Å²) in [6, 6.07) is 0. The lowest BCUT2D eigenvalue weighted by Gasteiger charge is -2.16. The molecule has 0 aliphatic carbocycles. The van der Waals surface area contributed by atoms with E-state index in [2.05, 4.69) is 0 Å². The predicted octanol–water partition coefficient (Wildman–Crippen LogP) is -0.884. The van der Waals surface area contributed by atoms with Gasteiger partial charge < -0.3 is 20.1 Å². The highest BCUT2D eigenvalue weighted by atomic mass is 19.1. The minimum Gasteiger partial charge on any atom is -0.394 e. The van der Waals surface area contributed by atoms with Crippen LogP contribution in [0.25, 0.3) is 0 Å². The molecule has 2 rings (SSSR count). The zero-order valence-electron chi connectivity index (χ0n) is 9.93. The molecule has 0 amide bonds. The average Bonchev–Trinajstić information content (AvgIpc) is 2.64. The van der Waals surface area contributed by atoms with Crippen LogP contribution in [0, 0.1) is 18.7 Å². The number of hydrogen-bond acceptors (Lipinski definition) is 5. The van der Waals surface area contributed by atoms with Crippen LogP contribution >= 0.6 is 0 Å². The van der Waals surface area contributed by atoms with Crippen molar-refractivity contribution in [3.8, 4) is 0 Å². The maximum absolute atomic E-state index is 13.9. The first-order valence-electron chi connectivity index (χ1n) is 5.58. The Balaban J connectivity index is 2.49. The van der Waals surface area contributed by atoms with Crippen molar-refractivity contribution in [1.82, 2.24) is 4.98 Å². The molecule has 1 aliphatic heterocycles. The van der Waals surface area contributed by atoms with Crippen molar-refractivity contribution in [2.75, 3.05) is 6.61 Å². The van der Waals surface area contributed by atoms with E-state index >= 15 is 0 Å². The number of aliphatic hydroxyl groups is 3. The first-order chi connectivity index (χ1) is 8.88. The molecule has 1 aromatic rings. The van der Waals surface area contributed by atoms with Crippen LogP contribution in [-0.2, 0) is 4.74 Å². The molecule has 0 bridgehead atoms. The highest BCUT2D eigenvalue weighted by Crippen LogP contribution is 2.35. The van der Waals surface area contributed by atoms with E-state index in [1.165, 1.54) is 0 Å². The zero-order chi connectivity index (χ0) is 14.3. The van der Waals surface area contributed by atoms with Gasteiger partial charge in [0, 0.05) is 0 Å². The molecular weight excluding hydrogens is 264 g/mol. The van der Waals surface area contributed by atoms with Gasteiger partial charge >= 0.3 is 0 Å². The van der Waals surface area contributed by atoms with E-state index in [9.17, 15) is 23.8 Å². The van der Waals surface area contributed by atoms with Gasteiger partial charge in [-0.3, -0.25) is 9.78 Å². The quantitative estimate of drug-likeness (QED) is 0.525. The molecule has 1 aliphatic rings. The number of nitrogens with one attached hydrogen (secondary N) is 1. The van der Waals surface area contributed by atoms with E-state index in [-0.39, 0.29) is 5.56 Å². The Morgan fingerprint density at radius 3 is 2.47 bits per heavy atom. The van der Waals surface area contributed by atoms with Crippen LogP contribution in [0.3, 0.4) is 0 Å². The van der Waals surface area contributed by atoms with Gasteiger partial charge in [0.25, 0.3) is 5.56 Å². The van der Waals surface area contributed by atoms with Gasteiger partial charge in [-0.05, 0) is 6.92 Å². The van der Waals surface area contributed by atoms with Crippen molar-refractivity contribution in [3.63, 3.8) is 0 Å². The third-order valence-corrected chi connectivity index (χ3v) is 3.19. The molecule has 4 atom stereocenters. The lowest BCUT2D eigenvalue weighted by Crippen LogP contribution is -2.32. The molecule has 0 saturated carbocycles. The Morgan fingerprint density at radius 1 is 1.32 bits per heavy atom. The zero-order valence-corrected chi connectivity index (χ0v) is 9.93. The van der Waals surface area contributed by atoms with Crippen molar-refractivity contribution < 1.29 is 28.8 Å². The Bertz CT molecular complexity index is 547. The van der Waals surface area contributed by atoms with Crippen molar-refractivity contribution in [3.05, 3.63) is 33.2 Å². The fourth-order valence-corrected chi connectivity index (χ4v) is 2.05. The maximum Gasteiger partial charge on any atom is 0.255 e. The van der Waals surface area contributed by atoms with Crippen molar-refractivity contribution in [2.45, 2.75) is 31.3 Å². The summed E-state index contributed by atoms with van der Waals surface area (Å²) in [5.74, 6) is -2.42. The van der Waals surface area contributed by atoms with Gasteiger partial charge in [0.15, 0.2) is 0 Å². The summed E-state index contributed by atoms with van der Waals surface area (Å²) < 4.78 is 32.6. The van der Waals surface area contributed by atoms with Crippen LogP contribution in [0.4, 0.5) is 8.78 Å². The lowest BCUT2D eigenvalue weighted by molar-refractivity contribution is -0.0249. The number of pyridine rings is 1. The second kappa shape index (κ2) is 4.97. The number of ether oxygens (including phenoxy) is 1. The smallest absolute Gasteiger partial charge is 0.255 e. The number of rotatable bonds is 2. The Morgan fingerprint density at radius 2 is 1.95 bits per heavy atom. The molecule has 106 valence electrons. The van der Waals surface area contributed by atoms with Crippen LogP contribution in [0.15, 0.2) is 4.79 Å². The SMILES string of the molecule is Cc1c(F)c([C@@H]2O[C@H](CO)C(O)[C@@H]2O)c(F)[nH]c1=O. The van der Waals surface area contributed by atoms with Gasteiger partial charge in [-0.1, -0.05) is 0 Å². The fraction of sp³-hybridized carbons (Fsp3) is 0.545. The van der Waals surface area contributed by atoms with Gasteiger partial charge in [0.2, 0.25) is 5.95 Å². The van der Waals surface area contributed by atoms with Crippen LogP contribution in [0.1, 0.15) is 17.2 Å². The first kappa shape index (κ1) is 14.1. The van der Waals surface area contributed by atoms with Crippen LogP contribution < -0.4 is 5.56 Å². The number of H-pyrrole nitrogens is 1. The minimum absolute atomic E-state index is 0.353. The molecule has 19 heavy (non-hydrogen) atoms. The van der Waals surface area contributed by atoms with Gasteiger partial charge in [0.05, 0.1) is 17.7 Å². The van der Waals surface area contributed by atoms with Crippen molar-refractivity contribution >= 4 is 0 Å². The van der Waals surface area contributed by atoms with E-state index in [1.54, 1.807) is 4.98 Å². The van der Waals surface area contributed by atoms with E-state index in [4.69, 9.17) is 9.84 Å². The second-order valence-corrected chi connectivity index (χ2v) is 4.38. The molecule has 0 spiro atoms. The van der Waals surface area contributed by atoms with Gasteiger partial charge in [0.1, 0.15) is 30.2 Å². The number of aromatic nitrogens is 1. The summed E-state index contributed by atoms with van der Waals surface area (Å²) in [6.07, 6.45) is -5.72. The summed E-state index contributed by atoms with van der Waals surface area (Å²) in [7, 11) is 0. The monoisotopic (exact) mass is 277 g/mol. The van der Waals surface area contributed by atoms with Gasteiger partial charge in [-0.15, -0.1) is 0 Å². The fourth-order valence-electron chi connectivity index (χ4n) is 2.05. The van der Waals surface area contributed by atoms with E-state index in [0.29, 0.717) is 0 Å². The Kier molecular flexibility index (Phi) is 3.68. The van der Waals surface area contributed by atoms with Crippen LogP contribution in [0.2, 0.25) is 0 Å². The van der Waals surface area contributed by atoms with Crippen molar-refractivity contribution in [1.29, 1.82) is 0 Å². The number of aliphatic hydroxyl groups excluding tert-OH is 3. The molecule has 1 saturated heterocycles. The Labute approximate surface area is 106 Å². The van der Waals surface area contributed by atoms with Crippen LogP contribution in [-0.4, -0.2) is 45.2 Å². The predicted molar refractivity (Wildman–Crippen MR) is 58.4 cm³/mol. The lowest BCUT2D eigenvalue weighted by atomic mass is 10.0. The standard InChI is InChI=1S/C11H13F2NO5/c1-3-6(12)5(10(13)14-11(3)18)9-8(17)7(16)4(2-15)19-9/h4,7-9,15-17H,2H2,1H3,(H,14,18)/t4-,7?,8+,9+/m1/s1. The van der Waals surface area contributed by atoms with E-state index in [1.807, 2.05) is 0 Å². The van der Waals surface area contributed by atoms with Gasteiger partial charge in [-0.25, -0.2) is 4.39 Å². The molecule has 8 heteroatoms. The van der Waals surface area contributed by atoms with Crippen LogP contribution in [0.5, 0.6) is 0 Å². The number of aromatic amines is 1. The molecule has 0 radical (unpaired) electrons. The highest BCUT2D eigenvalue weighted by Gasteiger charge is 2.45. The molecule has 1 fully saturated rings.